The number of hydrogen-bond acceptors (Lipinski definition) is 3. The summed E-state index contributed by atoms with van der Waals surface area (Å²) < 4.78 is 6.29. The predicted octanol–water partition coefficient (Wildman–Crippen LogP) is 18.0. The first kappa shape index (κ1) is 41.3. The third-order valence-corrected chi connectivity index (χ3v) is 15.8. The van der Waals surface area contributed by atoms with E-state index in [0.717, 1.165) is 62.9 Å². The Morgan fingerprint density at radius 3 is 1.58 bits per heavy atom. The van der Waals surface area contributed by atoms with Crippen LogP contribution in [-0.2, 0) is 17.3 Å². The van der Waals surface area contributed by atoms with Gasteiger partial charge in [0.2, 0.25) is 0 Å². The maximum atomic E-state index is 6.29. The smallest absolute Gasteiger partial charge is 0.135 e. The molecule has 9 aromatic rings. The Balaban J connectivity index is 0.913. The quantitative estimate of drug-likeness (QED) is 0.115. The first-order chi connectivity index (χ1) is 33.0. The molecule has 1 aromatic heterocycles. The third kappa shape index (κ3) is 7.55. The highest BCUT2D eigenvalue weighted by Gasteiger charge is 2.58. The van der Waals surface area contributed by atoms with E-state index in [9.17, 15) is 0 Å². The van der Waals surface area contributed by atoms with E-state index in [0.29, 0.717) is 0 Å². The molecule has 4 aliphatic carbocycles. The number of benzene rings is 8. The van der Waals surface area contributed by atoms with Crippen molar-refractivity contribution >= 4 is 62.1 Å². The molecule has 2 atom stereocenters. The van der Waals surface area contributed by atoms with Crippen molar-refractivity contribution in [1.82, 2.24) is 0 Å². The van der Waals surface area contributed by atoms with Gasteiger partial charge in [0.1, 0.15) is 11.2 Å². The summed E-state index contributed by atoms with van der Waals surface area (Å²) in [6, 6.07) is 72.1. The SMILES string of the molecule is C=Cc1ccc(C23CC4CC(C2)CC(c2ccc(N(c5ccc(CCCC)cc5)c5ccc(N(c6ccc(-c7ccccc7)cc6)c6ccc7oc8ccccc8c7c6)cc5)cc2)(C4)C3)cc1. The molecule has 0 saturated heterocycles. The van der Waals surface area contributed by atoms with E-state index in [4.69, 9.17) is 4.42 Å². The van der Waals surface area contributed by atoms with E-state index in [1.54, 1.807) is 5.56 Å². The molecule has 0 spiro atoms. The maximum absolute atomic E-state index is 6.29. The van der Waals surface area contributed by atoms with E-state index in [-0.39, 0.29) is 10.8 Å². The summed E-state index contributed by atoms with van der Waals surface area (Å²) in [7, 11) is 0. The Morgan fingerprint density at radius 2 is 0.985 bits per heavy atom. The minimum Gasteiger partial charge on any atom is -0.456 e. The highest BCUT2D eigenvalue weighted by atomic mass is 16.3. The zero-order chi connectivity index (χ0) is 45.0. The molecular formula is C64H58N2O. The van der Waals surface area contributed by atoms with Gasteiger partial charge in [-0.05, 0) is 192 Å². The second-order valence-electron chi connectivity index (χ2n) is 20.0. The molecule has 4 aliphatic rings. The van der Waals surface area contributed by atoms with E-state index < -0.39 is 0 Å². The Labute approximate surface area is 396 Å². The van der Waals surface area contributed by atoms with Crippen LogP contribution in [0.25, 0.3) is 39.1 Å². The first-order valence-electron chi connectivity index (χ1n) is 24.7. The Kier molecular flexibility index (Phi) is 10.5. The number of furan rings is 1. The van der Waals surface area contributed by atoms with Crippen LogP contribution in [0.5, 0.6) is 0 Å². The molecular weight excluding hydrogens is 813 g/mol. The van der Waals surface area contributed by atoms with Crippen molar-refractivity contribution in [2.45, 2.75) is 75.5 Å². The van der Waals surface area contributed by atoms with E-state index in [2.05, 4.69) is 211 Å². The number of nitrogens with zero attached hydrogens (tertiary/aromatic N) is 2. The topological polar surface area (TPSA) is 19.6 Å². The van der Waals surface area contributed by atoms with Crippen LogP contribution >= 0.6 is 0 Å². The highest BCUT2D eigenvalue weighted by Crippen LogP contribution is 2.66. The largest absolute Gasteiger partial charge is 0.456 e. The minimum atomic E-state index is 0.224. The Morgan fingerprint density at radius 1 is 0.507 bits per heavy atom. The summed E-state index contributed by atoms with van der Waals surface area (Å²) >= 11 is 0. The fraction of sp³-hybridized carbons (Fsp3) is 0.219. The third-order valence-electron chi connectivity index (χ3n) is 15.8. The molecule has 1 heterocycles. The number of aryl methyl sites for hydroxylation is 1. The molecule has 3 heteroatoms. The zero-order valence-electron chi connectivity index (χ0n) is 38.6. The monoisotopic (exact) mass is 870 g/mol. The van der Waals surface area contributed by atoms with Crippen molar-refractivity contribution in [3.8, 4) is 11.1 Å². The summed E-state index contributed by atoms with van der Waals surface area (Å²) in [6.45, 7) is 6.30. The predicted molar refractivity (Wildman–Crippen MR) is 282 cm³/mol. The van der Waals surface area contributed by atoms with Crippen LogP contribution in [0.2, 0.25) is 0 Å². The molecule has 0 amide bonds. The van der Waals surface area contributed by atoms with Gasteiger partial charge < -0.3 is 14.2 Å². The second kappa shape index (κ2) is 17.0. The maximum Gasteiger partial charge on any atom is 0.135 e. The molecule has 4 fully saturated rings. The van der Waals surface area contributed by atoms with Crippen LogP contribution in [0, 0.1) is 11.8 Å². The molecule has 4 saturated carbocycles. The van der Waals surface area contributed by atoms with Crippen LogP contribution in [-0.4, -0.2) is 0 Å². The molecule has 0 aliphatic heterocycles. The molecule has 8 aromatic carbocycles. The fourth-order valence-electron chi connectivity index (χ4n) is 13.0. The van der Waals surface area contributed by atoms with Crippen LogP contribution in [0.1, 0.15) is 80.5 Å². The van der Waals surface area contributed by atoms with Gasteiger partial charge in [-0.15, -0.1) is 0 Å². The molecule has 330 valence electrons. The lowest BCUT2D eigenvalue weighted by Crippen LogP contribution is -2.55. The summed E-state index contributed by atoms with van der Waals surface area (Å²) in [6.07, 6.45) is 13.4. The van der Waals surface area contributed by atoms with Crippen LogP contribution < -0.4 is 9.80 Å². The normalized spacial score (nSPS) is 20.6. The fourth-order valence-corrected chi connectivity index (χ4v) is 13.0. The van der Waals surface area contributed by atoms with Gasteiger partial charge in [0.25, 0.3) is 0 Å². The molecule has 67 heavy (non-hydrogen) atoms. The van der Waals surface area contributed by atoms with Crippen molar-refractivity contribution < 1.29 is 4.42 Å². The molecule has 0 N–H and O–H groups in total. The van der Waals surface area contributed by atoms with Gasteiger partial charge in [-0.1, -0.05) is 135 Å². The van der Waals surface area contributed by atoms with Gasteiger partial charge >= 0.3 is 0 Å². The van der Waals surface area contributed by atoms with Gasteiger partial charge in [0, 0.05) is 44.9 Å². The summed E-state index contributed by atoms with van der Waals surface area (Å²) in [5, 5.41) is 2.23. The van der Waals surface area contributed by atoms with Gasteiger partial charge in [-0.3, -0.25) is 0 Å². The van der Waals surface area contributed by atoms with Gasteiger partial charge in [-0.25, -0.2) is 0 Å². The van der Waals surface area contributed by atoms with Gasteiger partial charge in [-0.2, -0.15) is 0 Å². The number of unbranched alkanes of at least 4 members (excludes halogenated alkanes) is 1. The number of para-hydroxylation sites is 1. The minimum absolute atomic E-state index is 0.224. The van der Waals surface area contributed by atoms with E-state index in [1.807, 2.05) is 12.1 Å². The van der Waals surface area contributed by atoms with Crippen molar-refractivity contribution in [3.63, 3.8) is 0 Å². The zero-order valence-corrected chi connectivity index (χ0v) is 38.6. The number of hydrogen-bond donors (Lipinski definition) is 0. The van der Waals surface area contributed by atoms with Crippen LogP contribution in [0.4, 0.5) is 34.1 Å². The standard InChI is InChI=1S/C64H58N2O/c1-3-5-11-46-18-26-53(27-19-46)65(55-30-24-52(25-31-55)64-42-47-38-48(43-64)41-63(40-47,44-64)51-22-16-45(4-2)17-23-51)56-32-34-57(35-33-56)66(54-28-20-50(21-29-54)49-12-7-6-8-13-49)58-36-37-62-60(39-58)59-14-9-10-15-61(59)67-62/h4,6-10,12-37,39,47-48H,2-3,5,11,38,40-44H2,1H3. The van der Waals surface area contributed by atoms with Crippen molar-refractivity contribution in [2.24, 2.45) is 11.8 Å². The lowest BCUT2D eigenvalue weighted by Gasteiger charge is -2.63. The van der Waals surface area contributed by atoms with Gasteiger partial charge in [0.15, 0.2) is 0 Å². The van der Waals surface area contributed by atoms with Crippen molar-refractivity contribution in [1.29, 1.82) is 0 Å². The highest BCUT2D eigenvalue weighted by molar-refractivity contribution is 6.06. The summed E-state index contributed by atoms with van der Waals surface area (Å²) in [5.74, 6) is 1.59. The van der Waals surface area contributed by atoms with E-state index in [1.165, 1.54) is 90.6 Å². The summed E-state index contributed by atoms with van der Waals surface area (Å²) in [5.41, 5.74) is 17.1. The first-order valence-corrected chi connectivity index (χ1v) is 24.7. The molecule has 3 nitrogen and oxygen atoms in total. The molecule has 0 radical (unpaired) electrons. The number of fused-ring (bicyclic) bond motifs is 3. The lowest BCUT2D eigenvalue weighted by atomic mass is 9.42. The number of anilines is 6. The molecule has 13 rings (SSSR count). The summed E-state index contributed by atoms with van der Waals surface area (Å²) in [4.78, 5) is 4.82. The number of rotatable bonds is 13. The lowest BCUT2D eigenvalue weighted by molar-refractivity contribution is -0.0281. The van der Waals surface area contributed by atoms with Crippen molar-refractivity contribution in [2.75, 3.05) is 9.80 Å². The Bertz CT molecular complexity index is 3170. The van der Waals surface area contributed by atoms with E-state index >= 15 is 0 Å². The van der Waals surface area contributed by atoms with Crippen LogP contribution in [0.3, 0.4) is 0 Å². The molecule has 4 bridgehead atoms. The van der Waals surface area contributed by atoms with Crippen LogP contribution in [0.15, 0.2) is 205 Å². The average molecular weight is 871 g/mol. The molecule has 2 unspecified atom stereocenters. The second-order valence-corrected chi connectivity index (χ2v) is 20.0. The average Bonchev–Trinajstić information content (AvgIpc) is 3.75. The van der Waals surface area contributed by atoms with Gasteiger partial charge in [0.05, 0.1) is 0 Å². The van der Waals surface area contributed by atoms with Crippen molar-refractivity contribution in [3.05, 3.63) is 223 Å². The Hall–Kier alpha value is -7.10.